The van der Waals surface area contributed by atoms with Crippen molar-refractivity contribution in [3.8, 4) is 0 Å². The lowest BCUT2D eigenvalue weighted by Crippen LogP contribution is -2.46. The lowest BCUT2D eigenvalue weighted by atomic mass is 9.98. The van der Waals surface area contributed by atoms with Crippen molar-refractivity contribution in [3.63, 3.8) is 0 Å². The number of carbonyl (C=O) groups is 1. The fourth-order valence-electron chi connectivity index (χ4n) is 3.44. The molecule has 0 aliphatic carbocycles. The van der Waals surface area contributed by atoms with Gasteiger partial charge in [-0.3, -0.25) is 9.78 Å². The zero-order valence-electron chi connectivity index (χ0n) is 15.3. The fraction of sp³-hybridized carbons (Fsp3) is 0.444. The number of nitrogens with two attached hydrogens (primary N) is 1. The first kappa shape index (κ1) is 20.2. The van der Waals surface area contributed by atoms with Gasteiger partial charge in [0.05, 0.1) is 16.1 Å². The van der Waals surface area contributed by atoms with Gasteiger partial charge in [0.25, 0.3) is 0 Å². The van der Waals surface area contributed by atoms with Crippen LogP contribution in [0, 0.1) is 5.92 Å². The summed E-state index contributed by atoms with van der Waals surface area (Å²) in [7, 11) is -0.128. The zero-order valence-corrected chi connectivity index (χ0v) is 16.9. The smallest absolute Gasteiger partial charge is 0.245 e. The molecular weight excluding hydrogens is 388 g/mol. The van der Waals surface area contributed by atoms with Crippen LogP contribution in [0.2, 0.25) is 5.02 Å². The Kier molecular flexibility index (Phi) is 5.83. The van der Waals surface area contributed by atoms with Crippen LogP contribution in [0.15, 0.2) is 35.5 Å². The number of Topliss-reactive ketones (excluding diaryl/α,β-unsaturated/α-hetero) is 1. The molecule has 2 atom stereocenters. The summed E-state index contributed by atoms with van der Waals surface area (Å²) in [6.45, 7) is 0.821. The number of aromatic nitrogens is 1. The molecule has 2 N–H and O–H groups in total. The van der Waals surface area contributed by atoms with E-state index in [2.05, 4.69) is 4.98 Å². The van der Waals surface area contributed by atoms with Crippen molar-refractivity contribution in [2.45, 2.75) is 23.9 Å². The molecule has 146 valence electrons. The number of sulfonamides is 1. The molecule has 27 heavy (non-hydrogen) atoms. The van der Waals surface area contributed by atoms with Gasteiger partial charge in [-0.15, -0.1) is 0 Å². The van der Waals surface area contributed by atoms with Gasteiger partial charge in [0, 0.05) is 48.6 Å². The Morgan fingerprint density at radius 2 is 2.11 bits per heavy atom. The number of nitrogens with zero attached hydrogens (tertiary/aromatic N) is 3. The minimum atomic E-state index is -3.90. The molecule has 2 aromatic rings. The van der Waals surface area contributed by atoms with Gasteiger partial charge < -0.3 is 10.6 Å². The van der Waals surface area contributed by atoms with E-state index >= 15 is 0 Å². The highest BCUT2D eigenvalue weighted by molar-refractivity contribution is 7.89. The lowest BCUT2D eigenvalue weighted by molar-refractivity contribution is -0.123. The highest BCUT2D eigenvalue weighted by atomic mass is 35.5. The second-order valence-corrected chi connectivity index (χ2v) is 9.26. The maximum atomic E-state index is 13.3. The maximum absolute atomic E-state index is 13.3. The van der Waals surface area contributed by atoms with Crippen LogP contribution in [0.25, 0.3) is 10.8 Å². The first-order valence-electron chi connectivity index (χ1n) is 8.70. The Hall–Kier alpha value is -1.58. The van der Waals surface area contributed by atoms with Gasteiger partial charge in [0.15, 0.2) is 0 Å². The van der Waals surface area contributed by atoms with E-state index < -0.39 is 22.1 Å². The van der Waals surface area contributed by atoms with Crippen molar-refractivity contribution in [3.05, 3.63) is 35.6 Å². The number of rotatable bonds is 6. The summed E-state index contributed by atoms with van der Waals surface area (Å²) in [5.74, 6) is -0.499. The molecule has 2 heterocycles. The summed E-state index contributed by atoms with van der Waals surface area (Å²) in [6, 6.07) is 4.91. The lowest BCUT2D eigenvalue weighted by Gasteiger charge is -2.24. The summed E-state index contributed by atoms with van der Waals surface area (Å²) < 4.78 is 27.8. The van der Waals surface area contributed by atoms with Gasteiger partial charge in [-0.1, -0.05) is 23.7 Å². The summed E-state index contributed by atoms with van der Waals surface area (Å²) in [6.07, 6.45) is 2.89. The topological polar surface area (TPSA) is 96.6 Å². The molecule has 9 heteroatoms. The van der Waals surface area contributed by atoms with Gasteiger partial charge >= 0.3 is 0 Å². The summed E-state index contributed by atoms with van der Waals surface area (Å²) >= 11 is 6.23. The summed E-state index contributed by atoms with van der Waals surface area (Å²) in [4.78, 5) is 18.5. The van der Waals surface area contributed by atoms with E-state index in [9.17, 15) is 13.2 Å². The molecule has 1 saturated heterocycles. The third kappa shape index (κ3) is 3.86. The number of ketones is 1. The van der Waals surface area contributed by atoms with Gasteiger partial charge in [-0.05, 0) is 26.6 Å². The number of fused-ring (bicyclic) bond motifs is 1. The van der Waals surface area contributed by atoms with Crippen LogP contribution in [0.3, 0.4) is 0 Å². The van der Waals surface area contributed by atoms with Crippen LogP contribution < -0.4 is 5.73 Å². The molecule has 1 unspecified atom stereocenters. The number of hydrogen-bond acceptors (Lipinski definition) is 6. The predicted octanol–water partition coefficient (Wildman–Crippen LogP) is 1.70. The molecule has 0 radical (unpaired) electrons. The SMILES string of the molecule is CN(C)CCC(=O)C1CCN(S(=O)(=O)c2cccc3cncc(Cl)c23)[C@@H]1N. The van der Waals surface area contributed by atoms with Gasteiger partial charge in [0.1, 0.15) is 5.78 Å². The van der Waals surface area contributed by atoms with Crippen LogP contribution in [0.5, 0.6) is 0 Å². The van der Waals surface area contributed by atoms with Crippen LogP contribution >= 0.6 is 11.6 Å². The normalized spacial score (nSPS) is 21.2. The summed E-state index contributed by atoms with van der Waals surface area (Å²) in [5, 5.41) is 1.32. The van der Waals surface area contributed by atoms with Crippen LogP contribution in [-0.2, 0) is 14.8 Å². The molecule has 1 aliphatic rings. The fourth-order valence-corrected chi connectivity index (χ4v) is 5.56. The zero-order chi connectivity index (χ0) is 19.8. The number of pyridine rings is 1. The van der Waals surface area contributed by atoms with Crippen molar-refractivity contribution in [2.24, 2.45) is 11.7 Å². The van der Waals surface area contributed by atoms with E-state index in [-0.39, 0.29) is 22.2 Å². The molecule has 0 bridgehead atoms. The molecule has 0 amide bonds. The molecule has 1 aromatic carbocycles. The Morgan fingerprint density at radius 1 is 1.37 bits per heavy atom. The van der Waals surface area contributed by atoms with Crippen molar-refractivity contribution >= 4 is 38.2 Å². The van der Waals surface area contributed by atoms with Crippen LogP contribution in [-0.4, -0.2) is 61.7 Å². The van der Waals surface area contributed by atoms with E-state index in [1.54, 1.807) is 18.3 Å². The molecule has 0 spiro atoms. The van der Waals surface area contributed by atoms with E-state index in [0.717, 1.165) is 0 Å². The Bertz CT molecular complexity index is 959. The largest absolute Gasteiger partial charge is 0.314 e. The van der Waals surface area contributed by atoms with E-state index in [4.69, 9.17) is 17.3 Å². The number of halogens is 1. The molecule has 7 nitrogen and oxygen atoms in total. The highest BCUT2D eigenvalue weighted by Gasteiger charge is 2.42. The Morgan fingerprint density at radius 3 is 2.81 bits per heavy atom. The molecule has 1 aliphatic heterocycles. The average molecular weight is 411 g/mol. The standard InChI is InChI=1S/C18H23ClN4O3S/c1-22(2)8-7-15(24)13-6-9-23(18(13)20)27(25,26)16-5-3-4-12-10-21-11-14(19)17(12)16/h3-5,10-11,13,18H,6-9,20H2,1-2H3/t13?,18-/m0/s1. The minimum Gasteiger partial charge on any atom is -0.314 e. The summed E-state index contributed by atoms with van der Waals surface area (Å²) in [5.41, 5.74) is 6.20. The first-order valence-corrected chi connectivity index (χ1v) is 10.5. The van der Waals surface area contributed by atoms with Gasteiger partial charge in [-0.25, -0.2) is 8.42 Å². The Balaban J connectivity index is 1.92. The molecular formula is C18H23ClN4O3S. The maximum Gasteiger partial charge on any atom is 0.245 e. The van der Waals surface area contributed by atoms with E-state index in [1.807, 2.05) is 19.0 Å². The molecule has 1 aromatic heterocycles. The molecule has 1 fully saturated rings. The van der Waals surface area contributed by atoms with E-state index in [0.29, 0.717) is 30.2 Å². The quantitative estimate of drug-likeness (QED) is 0.778. The number of carbonyl (C=O) groups excluding carboxylic acids is 1. The first-order chi connectivity index (χ1) is 12.7. The van der Waals surface area contributed by atoms with Crippen LogP contribution in [0.1, 0.15) is 12.8 Å². The van der Waals surface area contributed by atoms with Crippen molar-refractivity contribution in [2.75, 3.05) is 27.2 Å². The van der Waals surface area contributed by atoms with Crippen molar-refractivity contribution < 1.29 is 13.2 Å². The second-order valence-electron chi connectivity index (χ2n) is 7.00. The molecule has 0 saturated carbocycles. The predicted molar refractivity (Wildman–Crippen MR) is 105 cm³/mol. The van der Waals surface area contributed by atoms with Gasteiger partial charge in [-0.2, -0.15) is 4.31 Å². The van der Waals surface area contributed by atoms with Crippen molar-refractivity contribution in [1.29, 1.82) is 0 Å². The van der Waals surface area contributed by atoms with Gasteiger partial charge in [0.2, 0.25) is 10.0 Å². The van der Waals surface area contributed by atoms with Crippen LogP contribution in [0.4, 0.5) is 0 Å². The number of hydrogen-bond donors (Lipinski definition) is 1. The average Bonchev–Trinajstić information content (AvgIpc) is 3.01. The van der Waals surface area contributed by atoms with E-state index in [1.165, 1.54) is 16.6 Å². The second kappa shape index (κ2) is 7.81. The molecule has 3 rings (SSSR count). The third-order valence-electron chi connectivity index (χ3n) is 4.91. The highest BCUT2D eigenvalue weighted by Crippen LogP contribution is 2.34. The number of benzene rings is 1. The van der Waals surface area contributed by atoms with Crippen molar-refractivity contribution in [1.82, 2.24) is 14.2 Å². The monoisotopic (exact) mass is 410 g/mol. The Labute approximate surface area is 164 Å². The minimum absolute atomic E-state index is 0.00551. The third-order valence-corrected chi connectivity index (χ3v) is 7.14.